The molecule has 0 aromatic heterocycles. The second-order valence-electron chi connectivity index (χ2n) is 6.88. The molecule has 2 heterocycles. The molecule has 0 bridgehead atoms. The van der Waals surface area contributed by atoms with Crippen LogP contribution in [0.25, 0.3) is 0 Å². The van der Waals surface area contributed by atoms with E-state index in [0.29, 0.717) is 18.5 Å². The van der Waals surface area contributed by atoms with Crippen molar-refractivity contribution in [1.29, 1.82) is 0 Å². The van der Waals surface area contributed by atoms with Crippen molar-refractivity contribution in [2.24, 2.45) is 5.73 Å². The van der Waals surface area contributed by atoms with Gasteiger partial charge in [-0.1, -0.05) is 6.07 Å². The van der Waals surface area contributed by atoms with Crippen molar-refractivity contribution in [3.8, 4) is 0 Å². The highest BCUT2D eigenvalue weighted by molar-refractivity contribution is 6.05. The molecule has 1 saturated carbocycles. The van der Waals surface area contributed by atoms with Crippen LogP contribution in [-0.4, -0.2) is 28.7 Å². The van der Waals surface area contributed by atoms with Crippen LogP contribution in [0.2, 0.25) is 0 Å². The highest BCUT2D eigenvalue weighted by Crippen LogP contribution is 2.44. The molecule has 0 spiro atoms. The number of carbonyl (C=O) groups is 3. The predicted octanol–water partition coefficient (Wildman–Crippen LogP) is 0.704. The number of nitrogens with one attached hydrogen (secondary N) is 1. The van der Waals surface area contributed by atoms with Gasteiger partial charge in [0.15, 0.2) is 0 Å². The molecule has 2 aliphatic heterocycles. The number of amides is 3. The first-order valence-electron chi connectivity index (χ1n) is 7.96. The first-order chi connectivity index (χ1) is 10.9. The number of piperidine rings is 1. The van der Waals surface area contributed by atoms with Gasteiger partial charge in [0.25, 0.3) is 5.91 Å². The van der Waals surface area contributed by atoms with E-state index in [1.165, 1.54) is 0 Å². The standard InChI is InChI=1S/C17H19N3O3/c1-9-6-10(17(18)4-5-17)7-11-12(9)8-20(16(11)23)13-2-3-14(21)19-15(13)22/h6-7,13H,2-5,8,18H2,1H3,(H,19,21,22). The molecule has 120 valence electrons. The van der Waals surface area contributed by atoms with Gasteiger partial charge in [-0.2, -0.15) is 0 Å². The highest BCUT2D eigenvalue weighted by atomic mass is 16.2. The van der Waals surface area contributed by atoms with E-state index in [9.17, 15) is 14.4 Å². The van der Waals surface area contributed by atoms with Crippen LogP contribution in [0, 0.1) is 6.92 Å². The maximum Gasteiger partial charge on any atom is 0.255 e. The minimum Gasteiger partial charge on any atom is -0.322 e. The summed E-state index contributed by atoms with van der Waals surface area (Å²) in [6, 6.07) is 3.39. The smallest absolute Gasteiger partial charge is 0.255 e. The van der Waals surface area contributed by atoms with E-state index >= 15 is 0 Å². The molecule has 23 heavy (non-hydrogen) atoms. The Balaban J connectivity index is 1.67. The average Bonchev–Trinajstić information content (AvgIpc) is 3.16. The second-order valence-corrected chi connectivity index (χ2v) is 6.88. The van der Waals surface area contributed by atoms with Gasteiger partial charge in [-0.15, -0.1) is 0 Å². The Morgan fingerprint density at radius 2 is 2.00 bits per heavy atom. The molecule has 6 heteroatoms. The van der Waals surface area contributed by atoms with E-state index in [1.807, 2.05) is 13.0 Å². The molecule has 1 aliphatic carbocycles. The first kappa shape index (κ1) is 14.4. The van der Waals surface area contributed by atoms with Gasteiger partial charge in [-0.25, -0.2) is 0 Å². The maximum absolute atomic E-state index is 12.8. The number of aryl methyl sites for hydroxylation is 1. The minimum atomic E-state index is -0.566. The second kappa shape index (κ2) is 4.64. The Labute approximate surface area is 134 Å². The van der Waals surface area contributed by atoms with E-state index in [2.05, 4.69) is 11.4 Å². The number of nitrogens with zero attached hydrogens (tertiary/aromatic N) is 1. The number of imide groups is 1. The summed E-state index contributed by atoms with van der Waals surface area (Å²) >= 11 is 0. The topological polar surface area (TPSA) is 92.5 Å². The summed E-state index contributed by atoms with van der Waals surface area (Å²) in [5.74, 6) is -0.783. The number of fused-ring (bicyclic) bond motifs is 1. The molecule has 3 amide bonds. The molecule has 1 unspecified atom stereocenters. The largest absolute Gasteiger partial charge is 0.322 e. The summed E-state index contributed by atoms with van der Waals surface area (Å²) in [5, 5.41) is 2.32. The molecule has 6 nitrogen and oxygen atoms in total. The van der Waals surface area contributed by atoms with Crippen molar-refractivity contribution < 1.29 is 14.4 Å². The van der Waals surface area contributed by atoms with Crippen LogP contribution < -0.4 is 11.1 Å². The number of hydrogen-bond donors (Lipinski definition) is 2. The van der Waals surface area contributed by atoms with Crippen LogP contribution in [0.15, 0.2) is 12.1 Å². The van der Waals surface area contributed by atoms with Crippen molar-refractivity contribution in [1.82, 2.24) is 10.2 Å². The number of nitrogens with two attached hydrogens (primary N) is 1. The summed E-state index contributed by atoms with van der Waals surface area (Å²) in [5.41, 5.74) is 9.64. The third kappa shape index (κ3) is 2.16. The lowest BCUT2D eigenvalue weighted by atomic mass is 9.96. The summed E-state index contributed by atoms with van der Waals surface area (Å²) in [6.07, 6.45) is 2.54. The molecule has 1 atom stereocenters. The Kier molecular flexibility index (Phi) is 2.90. The summed E-state index contributed by atoms with van der Waals surface area (Å²) in [7, 11) is 0. The number of benzene rings is 1. The predicted molar refractivity (Wildman–Crippen MR) is 82.3 cm³/mol. The van der Waals surface area contributed by atoms with Gasteiger partial charge in [0, 0.05) is 24.1 Å². The van der Waals surface area contributed by atoms with Crippen LogP contribution in [0.5, 0.6) is 0 Å². The van der Waals surface area contributed by atoms with Crippen LogP contribution in [-0.2, 0) is 21.7 Å². The lowest BCUT2D eigenvalue weighted by Crippen LogP contribution is -2.52. The molecule has 3 N–H and O–H groups in total. The van der Waals surface area contributed by atoms with Crippen LogP contribution in [0.3, 0.4) is 0 Å². The molecule has 1 aromatic carbocycles. The Morgan fingerprint density at radius 1 is 1.26 bits per heavy atom. The van der Waals surface area contributed by atoms with Crippen LogP contribution in [0.4, 0.5) is 0 Å². The fourth-order valence-electron chi connectivity index (χ4n) is 3.56. The van der Waals surface area contributed by atoms with Gasteiger partial charge in [-0.05, 0) is 48.9 Å². The van der Waals surface area contributed by atoms with Crippen LogP contribution >= 0.6 is 0 Å². The maximum atomic E-state index is 12.8. The third-order valence-corrected chi connectivity index (χ3v) is 5.24. The van der Waals surface area contributed by atoms with Gasteiger partial charge in [0.1, 0.15) is 6.04 Å². The van der Waals surface area contributed by atoms with Crippen molar-refractivity contribution in [2.45, 2.75) is 50.7 Å². The summed E-state index contributed by atoms with van der Waals surface area (Å²) < 4.78 is 0. The van der Waals surface area contributed by atoms with Gasteiger partial charge in [0.05, 0.1) is 0 Å². The molecular weight excluding hydrogens is 294 g/mol. The zero-order valence-electron chi connectivity index (χ0n) is 13.0. The van der Waals surface area contributed by atoms with E-state index < -0.39 is 6.04 Å². The van der Waals surface area contributed by atoms with Crippen molar-refractivity contribution in [2.75, 3.05) is 0 Å². The summed E-state index contributed by atoms with van der Waals surface area (Å²) in [6.45, 7) is 2.40. The van der Waals surface area contributed by atoms with Crippen molar-refractivity contribution >= 4 is 17.7 Å². The van der Waals surface area contributed by atoms with E-state index in [4.69, 9.17) is 5.73 Å². The fraction of sp³-hybridized carbons (Fsp3) is 0.471. The number of hydrogen-bond acceptors (Lipinski definition) is 4. The van der Waals surface area contributed by atoms with Gasteiger partial charge in [0.2, 0.25) is 11.8 Å². The lowest BCUT2D eigenvalue weighted by molar-refractivity contribution is -0.136. The molecule has 4 rings (SSSR count). The van der Waals surface area contributed by atoms with E-state index in [1.54, 1.807) is 4.90 Å². The Bertz CT molecular complexity index is 752. The molecule has 0 radical (unpaired) electrons. The zero-order chi connectivity index (χ0) is 16.4. The monoisotopic (exact) mass is 313 g/mol. The molecular formula is C17H19N3O3. The van der Waals surface area contributed by atoms with Crippen LogP contribution in [0.1, 0.15) is 52.7 Å². The van der Waals surface area contributed by atoms with E-state index in [0.717, 1.165) is 29.5 Å². The lowest BCUT2D eigenvalue weighted by Gasteiger charge is -2.29. The zero-order valence-corrected chi connectivity index (χ0v) is 13.0. The number of carbonyl (C=O) groups excluding carboxylic acids is 3. The van der Waals surface area contributed by atoms with Gasteiger partial charge in [-0.3, -0.25) is 19.7 Å². The molecule has 2 fully saturated rings. The third-order valence-electron chi connectivity index (χ3n) is 5.24. The van der Waals surface area contributed by atoms with Gasteiger partial charge >= 0.3 is 0 Å². The molecule has 3 aliphatic rings. The Morgan fingerprint density at radius 3 is 2.65 bits per heavy atom. The normalized spacial score (nSPS) is 25.4. The number of rotatable bonds is 2. The quantitative estimate of drug-likeness (QED) is 0.786. The SMILES string of the molecule is Cc1cc(C2(N)CC2)cc2c1CN(C1CCC(=O)NC1=O)C2=O. The van der Waals surface area contributed by atoms with Gasteiger partial charge < -0.3 is 10.6 Å². The first-order valence-corrected chi connectivity index (χ1v) is 7.96. The molecule has 1 saturated heterocycles. The fourth-order valence-corrected chi connectivity index (χ4v) is 3.56. The van der Waals surface area contributed by atoms with Crippen molar-refractivity contribution in [3.05, 3.63) is 34.4 Å². The molecule has 1 aromatic rings. The van der Waals surface area contributed by atoms with Crippen molar-refractivity contribution in [3.63, 3.8) is 0 Å². The Hall–Kier alpha value is -2.21. The highest BCUT2D eigenvalue weighted by Gasteiger charge is 2.43. The minimum absolute atomic E-state index is 0.135. The summed E-state index contributed by atoms with van der Waals surface area (Å²) in [4.78, 5) is 37.7. The average molecular weight is 313 g/mol. The van der Waals surface area contributed by atoms with E-state index in [-0.39, 0.29) is 29.7 Å².